The van der Waals surface area contributed by atoms with E-state index in [-0.39, 0.29) is 5.91 Å². The Bertz CT molecular complexity index is 560. The third-order valence-electron chi connectivity index (χ3n) is 2.86. The zero-order valence-corrected chi connectivity index (χ0v) is 10.8. The number of benzene rings is 1. The van der Waals surface area contributed by atoms with E-state index < -0.39 is 0 Å². The molecular weight excluding hydrogens is 228 g/mol. The van der Waals surface area contributed by atoms with Crippen LogP contribution in [-0.4, -0.2) is 23.0 Å². The standard InChI is InChI=1S/C14H16N2O2/c1-10-6-4-5-7-12(10)9-16(3)14(17)13-8-11(2)18-15-13/h4-8H,9H2,1-3H3. The minimum atomic E-state index is -0.130. The number of rotatable bonds is 3. The van der Waals surface area contributed by atoms with Crippen molar-refractivity contribution in [1.82, 2.24) is 10.1 Å². The summed E-state index contributed by atoms with van der Waals surface area (Å²) in [7, 11) is 1.76. The average molecular weight is 244 g/mol. The molecule has 1 amide bonds. The van der Waals surface area contributed by atoms with Gasteiger partial charge in [-0.25, -0.2) is 0 Å². The first-order valence-electron chi connectivity index (χ1n) is 5.81. The van der Waals surface area contributed by atoms with Crippen LogP contribution in [0.5, 0.6) is 0 Å². The lowest BCUT2D eigenvalue weighted by Gasteiger charge is -2.16. The van der Waals surface area contributed by atoms with Gasteiger partial charge in [0.2, 0.25) is 0 Å². The highest BCUT2D eigenvalue weighted by atomic mass is 16.5. The van der Waals surface area contributed by atoms with Gasteiger partial charge in [0.15, 0.2) is 5.69 Å². The van der Waals surface area contributed by atoms with E-state index >= 15 is 0 Å². The first-order chi connectivity index (χ1) is 8.58. The van der Waals surface area contributed by atoms with E-state index in [1.165, 1.54) is 5.56 Å². The molecular formula is C14H16N2O2. The largest absolute Gasteiger partial charge is 0.361 e. The quantitative estimate of drug-likeness (QED) is 0.833. The molecule has 0 aliphatic heterocycles. The van der Waals surface area contributed by atoms with Crippen LogP contribution >= 0.6 is 0 Å². The van der Waals surface area contributed by atoms with Crippen LogP contribution in [0.4, 0.5) is 0 Å². The third-order valence-corrected chi connectivity index (χ3v) is 2.86. The Labute approximate surface area is 106 Å². The van der Waals surface area contributed by atoms with Crippen LogP contribution in [0.2, 0.25) is 0 Å². The molecule has 0 saturated heterocycles. The summed E-state index contributed by atoms with van der Waals surface area (Å²) < 4.78 is 4.91. The maximum Gasteiger partial charge on any atom is 0.276 e. The lowest BCUT2D eigenvalue weighted by Crippen LogP contribution is -2.26. The van der Waals surface area contributed by atoms with E-state index in [2.05, 4.69) is 5.16 Å². The number of hydrogen-bond acceptors (Lipinski definition) is 3. The number of carbonyl (C=O) groups excluding carboxylic acids is 1. The van der Waals surface area contributed by atoms with Crippen molar-refractivity contribution in [2.24, 2.45) is 0 Å². The van der Waals surface area contributed by atoms with Crippen molar-refractivity contribution < 1.29 is 9.32 Å². The molecule has 0 fully saturated rings. The molecule has 0 radical (unpaired) electrons. The maximum absolute atomic E-state index is 12.1. The van der Waals surface area contributed by atoms with Gasteiger partial charge in [-0.3, -0.25) is 4.79 Å². The molecule has 1 heterocycles. The molecule has 0 atom stereocenters. The van der Waals surface area contributed by atoms with Gasteiger partial charge in [0.05, 0.1) is 0 Å². The van der Waals surface area contributed by atoms with Crippen LogP contribution in [0.3, 0.4) is 0 Å². The fraction of sp³-hybridized carbons (Fsp3) is 0.286. The van der Waals surface area contributed by atoms with Gasteiger partial charge in [0, 0.05) is 19.7 Å². The van der Waals surface area contributed by atoms with E-state index in [4.69, 9.17) is 4.52 Å². The molecule has 1 aromatic carbocycles. The third kappa shape index (κ3) is 2.59. The van der Waals surface area contributed by atoms with Gasteiger partial charge in [-0.05, 0) is 25.0 Å². The summed E-state index contributed by atoms with van der Waals surface area (Å²) in [4.78, 5) is 13.7. The summed E-state index contributed by atoms with van der Waals surface area (Å²) >= 11 is 0. The number of amides is 1. The molecule has 2 aromatic rings. The smallest absolute Gasteiger partial charge is 0.276 e. The minimum Gasteiger partial charge on any atom is -0.361 e. The molecule has 4 nitrogen and oxygen atoms in total. The van der Waals surface area contributed by atoms with Gasteiger partial charge < -0.3 is 9.42 Å². The summed E-state index contributed by atoms with van der Waals surface area (Å²) in [5.74, 6) is 0.512. The number of aryl methyl sites for hydroxylation is 2. The van der Waals surface area contributed by atoms with Crippen LogP contribution in [0.25, 0.3) is 0 Å². The van der Waals surface area contributed by atoms with Crippen molar-refractivity contribution in [3.63, 3.8) is 0 Å². The van der Waals surface area contributed by atoms with E-state index in [0.29, 0.717) is 18.0 Å². The first kappa shape index (κ1) is 12.4. The Morgan fingerprint density at radius 1 is 1.33 bits per heavy atom. The molecule has 0 aliphatic carbocycles. The summed E-state index contributed by atoms with van der Waals surface area (Å²) in [6.45, 7) is 4.37. The topological polar surface area (TPSA) is 46.3 Å². The molecule has 0 N–H and O–H groups in total. The number of carbonyl (C=O) groups is 1. The highest BCUT2D eigenvalue weighted by Gasteiger charge is 2.16. The van der Waals surface area contributed by atoms with Crippen molar-refractivity contribution in [2.45, 2.75) is 20.4 Å². The molecule has 0 unspecified atom stereocenters. The monoisotopic (exact) mass is 244 g/mol. The Kier molecular flexibility index (Phi) is 3.46. The molecule has 0 saturated carbocycles. The zero-order chi connectivity index (χ0) is 13.1. The normalized spacial score (nSPS) is 10.4. The summed E-state index contributed by atoms with van der Waals surface area (Å²) in [6.07, 6.45) is 0. The Hall–Kier alpha value is -2.10. The molecule has 0 bridgehead atoms. The van der Waals surface area contributed by atoms with Gasteiger partial charge in [-0.2, -0.15) is 0 Å². The Morgan fingerprint density at radius 3 is 2.67 bits per heavy atom. The van der Waals surface area contributed by atoms with Gasteiger partial charge in [-0.15, -0.1) is 0 Å². The van der Waals surface area contributed by atoms with E-state index in [9.17, 15) is 4.79 Å². The number of hydrogen-bond donors (Lipinski definition) is 0. The predicted octanol–water partition coefficient (Wildman–Crippen LogP) is 2.56. The van der Waals surface area contributed by atoms with Crippen molar-refractivity contribution in [3.05, 3.63) is 52.9 Å². The maximum atomic E-state index is 12.1. The molecule has 0 spiro atoms. The molecule has 4 heteroatoms. The van der Waals surface area contributed by atoms with Crippen molar-refractivity contribution in [1.29, 1.82) is 0 Å². The van der Waals surface area contributed by atoms with Crippen molar-refractivity contribution in [2.75, 3.05) is 7.05 Å². The van der Waals surface area contributed by atoms with Gasteiger partial charge >= 0.3 is 0 Å². The van der Waals surface area contributed by atoms with Crippen LogP contribution in [-0.2, 0) is 6.54 Å². The Balaban J connectivity index is 2.11. The SMILES string of the molecule is Cc1cc(C(=O)N(C)Cc2ccccc2C)no1. The summed E-state index contributed by atoms with van der Waals surface area (Å²) in [5, 5.41) is 3.73. The lowest BCUT2D eigenvalue weighted by molar-refractivity contribution is 0.0774. The summed E-state index contributed by atoms with van der Waals surface area (Å²) in [5.41, 5.74) is 2.66. The van der Waals surface area contributed by atoms with Gasteiger partial charge in [0.1, 0.15) is 5.76 Å². The zero-order valence-electron chi connectivity index (χ0n) is 10.8. The van der Waals surface area contributed by atoms with Crippen LogP contribution in [0.15, 0.2) is 34.9 Å². The van der Waals surface area contributed by atoms with Gasteiger partial charge in [0.25, 0.3) is 5.91 Å². The molecule has 2 rings (SSSR count). The van der Waals surface area contributed by atoms with Crippen LogP contribution < -0.4 is 0 Å². The van der Waals surface area contributed by atoms with Crippen LogP contribution in [0.1, 0.15) is 27.4 Å². The molecule has 0 aliphatic rings. The van der Waals surface area contributed by atoms with E-state index in [1.54, 1.807) is 24.9 Å². The predicted molar refractivity (Wildman–Crippen MR) is 68.2 cm³/mol. The van der Waals surface area contributed by atoms with Crippen LogP contribution in [0, 0.1) is 13.8 Å². The van der Waals surface area contributed by atoms with E-state index in [0.717, 1.165) is 5.56 Å². The van der Waals surface area contributed by atoms with Crippen molar-refractivity contribution >= 4 is 5.91 Å². The Morgan fingerprint density at radius 2 is 2.06 bits per heavy atom. The second-order valence-electron chi connectivity index (χ2n) is 4.41. The second kappa shape index (κ2) is 5.04. The average Bonchev–Trinajstić information content (AvgIpc) is 2.78. The molecule has 18 heavy (non-hydrogen) atoms. The lowest BCUT2D eigenvalue weighted by atomic mass is 10.1. The fourth-order valence-electron chi connectivity index (χ4n) is 1.78. The number of aromatic nitrogens is 1. The van der Waals surface area contributed by atoms with Crippen molar-refractivity contribution in [3.8, 4) is 0 Å². The summed E-state index contributed by atoms with van der Waals surface area (Å²) in [6, 6.07) is 9.67. The molecule has 1 aromatic heterocycles. The highest BCUT2D eigenvalue weighted by molar-refractivity contribution is 5.92. The number of nitrogens with zero attached hydrogens (tertiary/aromatic N) is 2. The van der Waals surface area contributed by atoms with Gasteiger partial charge in [-0.1, -0.05) is 29.4 Å². The molecule has 94 valence electrons. The highest BCUT2D eigenvalue weighted by Crippen LogP contribution is 2.12. The second-order valence-corrected chi connectivity index (χ2v) is 4.41. The fourth-order valence-corrected chi connectivity index (χ4v) is 1.78. The minimum absolute atomic E-state index is 0.130. The first-order valence-corrected chi connectivity index (χ1v) is 5.81. The van der Waals surface area contributed by atoms with E-state index in [1.807, 2.05) is 31.2 Å².